The van der Waals surface area contributed by atoms with Crippen molar-refractivity contribution in [3.05, 3.63) is 29.8 Å². The number of halogens is 2. The molecule has 1 N–H and O–H groups in total. The Bertz CT molecular complexity index is 468. The summed E-state index contributed by atoms with van der Waals surface area (Å²) >= 11 is 0. The van der Waals surface area contributed by atoms with Gasteiger partial charge in [-0.2, -0.15) is 8.78 Å². The molecule has 0 unspecified atom stereocenters. The molecule has 0 saturated carbocycles. The first-order valence-electron chi connectivity index (χ1n) is 6.45. The van der Waals surface area contributed by atoms with E-state index < -0.39 is 17.9 Å². The summed E-state index contributed by atoms with van der Waals surface area (Å²) in [4.78, 5) is 13.1. The summed E-state index contributed by atoms with van der Waals surface area (Å²) in [5.74, 6) is -4.32. The summed E-state index contributed by atoms with van der Waals surface area (Å²) in [6.45, 7) is 0.317. The highest BCUT2D eigenvalue weighted by Gasteiger charge is 2.44. The van der Waals surface area contributed by atoms with E-state index in [1.54, 1.807) is 0 Å². The molecule has 0 aromatic heterocycles. The Labute approximate surface area is 116 Å². The largest absolute Gasteiger partial charge is 0.497 e. The maximum Gasteiger partial charge on any atom is 0.349 e. The SMILES string of the molecule is COc1ccc(C(F)(F)C(=O)N2CCC(O)CC2)cc1. The van der Waals surface area contributed by atoms with Gasteiger partial charge >= 0.3 is 5.92 Å². The molecule has 110 valence electrons. The van der Waals surface area contributed by atoms with Crippen LogP contribution < -0.4 is 4.74 Å². The van der Waals surface area contributed by atoms with E-state index in [4.69, 9.17) is 4.74 Å². The minimum absolute atomic E-state index is 0.158. The number of hydrogen-bond donors (Lipinski definition) is 1. The number of aliphatic hydroxyl groups excluding tert-OH is 1. The molecule has 0 radical (unpaired) electrons. The van der Waals surface area contributed by atoms with Crippen molar-refractivity contribution in [1.82, 2.24) is 4.90 Å². The van der Waals surface area contributed by atoms with E-state index in [1.165, 1.54) is 31.4 Å². The van der Waals surface area contributed by atoms with Crippen LogP contribution in [0.25, 0.3) is 0 Å². The molecule has 0 aliphatic carbocycles. The molecule has 6 heteroatoms. The lowest BCUT2D eigenvalue weighted by Crippen LogP contribution is -2.46. The molecule has 1 aliphatic heterocycles. The molecule has 2 rings (SSSR count). The van der Waals surface area contributed by atoms with E-state index in [1.807, 2.05) is 0 Å². The molecule has 20 heavy (non-hydrogen) atoms. The number of ether oxygens (including phenoxy) is 1. The molecular weight excluding hydrogens is 268 g/mol. The Morgan fingerprint density at radius 3 is 2.35 bits per heavy atom. The highest BCUT2D eigenvalue weighted by molar-refractivity contribution is 5.85. The van der Waals surface area contributed by atoms with Crippen molar-refractivity contribution in [1.29, 1.82) is 0 Å². The van der Waals surface area contributed by atoms with Gasteiger partial charge in [0.2, 0.25) is 0 Å². The zero-order chi connectivity index (χ0) is 14.8. The van der Waals surface area contributed by atoms with Gasteiger partial charge in [-0.15, -0.1) is 0 Å². The highest BCUT2D eigenvalue weighted by atomic mass is 19.3. The molecule has 0 spiro atoms. The Hall–Kier alpha value is -1.69. The van der Waals surface area contributed by atoms with Crippen molar-refractivity contribution in [2.24, 2.45) is 0 Å². The molecule has 1 amide bonds. The van der Waals surface area contributed by atoms with Gasteiger partial charge < -0.3 is 14.7 Å². The standard InChI is InChI=1S/C14H17F2NO3/c1-20-12-4-2-10(3-5-12)14(15,16)13(19)17-8-6-11(18)7-9-17/h2-5,11,18H,6-9H2,1H3. The Morgan fingerprint density at radius 1 is 1.30 bits per heavy atom. The van der Waals surface area contributed by atoms with Crippen LogP contribution >= 0.6 is 0 Å². The minimum atomic E-state index is -3.56. The van der Waals surface area contributed by atoms with E-state index in [0.29, 0.717) is 18.6 Å². The molecular formula is C14H17F2NO3. The summed E-state index contributed by atoms with van der Waals surface area (Å²) in [5.41, 5.74) is -0.352. The van der Waals surface area contributed by atoms with Gasteiger partial charge in [0.25, 0.3) is 5.91 Å². The van der Waals surface area contributed by atoms with Crippen LogP contribution in [0.2, 0.25) is 0 Å². The third kappa shape index (κ3) is 2.90. The Kier molecular flexibility index (Phi) is 4.23. The number of carbonyl (C=O) groups excluding carboxylic acids is 1. The zero-order valence-electron chi connectivity index (χ0n) is 11.2. The van der Waals surface area contributed by atoms with Gasteiger partial charge in [-0.25, -0.2) is 0 Å². The van der Waals surface area contributed by atoms with Crippen molar-refractivity contribution in [2.75, 3.05) is 20.2 Å². The van der Waals surface area contributed by atoms with Crippen LogP contribution in [0.4, 0.5) is 8.78 Å². The summed E-state index contributed by atoms with van der Waals surface area (Å²) in [7, 11) is 1.44. The number of rotatable bonds is 3. The third-order valence-corrected chi connectivity index (χ3v) is 3.47. The second-order valence-corrected chi connectivity index (χ2v) is 4.83. The van der Waals surface area contributed by atoms with Crippen molar-refractivity contribution < 1.29 is 23.4 Å². The van der Waals surface area contributed by atoms with E-state index in [-0.39, 0.29) is 18.7 Å². The number of aliphatic hydroxyl groups is 1. The Morgan fingerprint density at radius 2 is 1.85 bits per heavy atom. The highest BCUT2D eigenvalue weighted by Crippen LogP contribution is 2.32. The van der Waals surface area contributed by atoms with Crippen LogP contribution in [0, 0.1) is 0 Å². The first-order chi connectivity index (χ1) is 9.45. The smallest absolute Gasteiger partial charge is 0.349 e. The van der Waals surface area contributed by atoms with Gasteiger partial charge in [0.05, 0.1) is 13.2 Å². The molecule has 0 atom stereocenters. The average molecular weight is 285 g/mol. The number of piperidine rings is 1. The number of carbonyl (C=O) groups is 1. The molecule has 1 aromatic carbocycles. The predicted octanol–water partition coefficient (Wildman–Crippen LogP) is 1.77. The van der Waals surface area contributed by atoms with Crippen molar-refractivity contribution >= 4 is 5.91 Å². The van der Waals surface area contributed by atoms with Crippen LogP contribution in [0.1, 0.15) is 18.4 Å². The summed E-state index contributed by atoms with van der Waals surface area (Å²) in [6, 6.07) is 5.18. The second kappa shape index (κ2) is 5.75. The number of nitrogens with zero attached hydrogens (tertiary/aromatic N) is 1. The monoisotopic (exact) mass is 285 g/mol. The number of methoxy groups -OCH3 is 1. The fraction of sp³-hybridized carbons (Fsp3) is 0.500. The third-order valence-electron chi connectivity index (χ3n) is 3.47. The van der Waals surface area contributed by atoms with E-state index in [0.717, 1.165) is 4.90 Å². The van der Waals surface area contributed by atoms with E-state index in [2.05, 4.69) is 0 Å². The number of benzene rings is 1. The number of likely N-dealkylation sites (tertiary alicyclic amines) is 1. The van der Waals surface area contributed by atoms with Crippen LogP contribution in [0.5, 0.6) is 5.75 Å². The second-order valence-electron chi connectivity index (χ2n) is 4.83. The van der Waals surface area contributed by atoms with Crippen LogP contribution in [0.3, 0.4) is 0 Å². The summed E-state index contributed by atoms with van der Waals surface area (Å²) in [5, 5.41) is 9.35. The maximum absolute atomic E-state index is 14.2. The van der Waals surface area contributed by atoms with Gasteiger partial charge in [0, 0.05) is 18.7 Å². The van der Waals surface area contributed by atoms with Gasteiger partial charge in [-0.1, -0.05) is 0 Å². The fourth-order valence-electron chi connectivity index (χ4n) is 2.19. The number of hydrogen-bond acceptors (Lipinski definition) is 3. The molecule has 1 heterocycles. The lowest BCUT2D eigenvalue weighted by molar-refractivity contribution is -0.161. The maximum atomic E-state index is 14.2. The molecule has 1 fully saturated rings. The van der Waals surface area contributed by atoms with Gasteiger partial charge in [-0.3, -0.25) is 4.79 Å². The van der Waals surface area contributed by atoms with E-state index in [9.17, 15) is 18.7 Å². The molecule has 1 aromatic rings. The van der Waals surface area contributed by atoms with Gasteiger partial charge in [0.15, 0.2) is 0 Å². The molecule has 1 saturated heterocycles. The summed E-state index contributed by atoms with van der Waals surface area (Å²) < 4.78 is 33.2. The van der Waals surface area contributed by atoms with E-state index >= 15 is 0 Å². The first kappa shape index (κ1) is 14.7. The molecule has 4 nitrogen and oxygen atoms in total. The van der Waals surface area contributed by atoms with Crippen molar-refractivity contribution in [3.63, 3.8) is 0 Å². The quantitative estimate of drug-likeness (QED) is 0.921. The molecule has 1 aliphatic rings. The van der Waals surface area contributed by atoms with Gasteiger partial charge in [-0.05, 0) is 37.1 Å². The topological polar surface area (TPSA) is 49.8 Å². The number of alkyl halides is 2. The molecule has 0 bridgehead atoms. The van der Waals surface area contributed by atoms with Crippen LogP contribution in [0.15, 0.2) is 24.3 Å². The predicted molar refractivity (Wildman–Crippen MR) is 68.7 cm³/mol. The Balaban J connectivity index is 2.13. The van der Waals surface area contributed by atoms with Gasteiger partial charge in [0.1, 0.15) is 5.75 Å². The van der Waals surface area contributed by atoms with Crippen molar-refractivity contribution in [2.45, 2.75) is 24.9 Å². The lowest BCUT2D eigenvalue weighted by Gasteiger charge is -2.32. The zero-order valence-corrected chi connectivity index (χ0v) is 11.2. The lowest BCUT2D eigenvalue weighted by atomic mass is 10.0. The van der Waals surface area contributed by atoms with Crippen LogP contribution in [-0.2, 0) is 10.7 Å². The fourth-order valence-corrected chi connectivity index (χ4v) is 2.19. The van der Waals surface area contributed by atoms with Crippen molar-refractivity contribution in [3.8, 4) is 5.75 Å². The average Bonchev–Trinajstić information content (AvgIpc) is 2.47. The normalized spacial score (nSPS) is 17.1. The number of amides is 1. The minimum Gasteiger partial charge on any atom is -0.497 e. The first-order valence-corrected chi connectivity index (χ1v) is 6.45. The summed E-state index contributed by atoms with van der Waals surface area (Å²) in [6.07, 6.45) is 0.170. The van der Waals surface area contributed by atoms with Crippen LogP contribution in [-0.4, -0.2) is 42.2 Å².